The number of aromatic nitrogens is 5. The average molecular weight is 505 g/mol. The third-order valence-corrected chi connectivity index (χ3v) is 6.36. The predicted octanol–water partition coefficient (Wildman–Crippen LogP) is 5.77. The fourth-order valence-corrected chi connectivity index (χ4v) is 4.30. The molecular weight excluding hydrogens is 480 g/mol. The number of nitrogens with zero attached hydrogens (tertiary/aromatic N) is 4. The van der Waals surface area contributed by atoms with E-state index in [1.165, 1.54) is 11.3 Å². The lowest BCUT2D eigenvalue weighted by molar-refractivity contribution is 0.0951. The minimum Gasteiger partial charge on any atom is -0.346 e. The highest BCUT2D eigenvalue weighted by atomic mass is 35.5. The van der Waals surface area contributed by atoms with Crippen LogP contribution >= 0.6 is 22.9 Å². The van der Waals surface area contributed by atoms with Gasteiger partial charge in [0.25, 0.3) is 5.91 Å². The van der Waals surface area contributed by atoms with E-state index < -0.39 is 0 Å². The Labute approximate surface area is 212 Å². The molecule has 0 fully saturated rings. The molecule has 0 radical (unpaired) electrons. The highest BCUT2D eigenvalue weighted by molar-refractivity contribution is 7.13. The van der Waals surface area contributed by atoms with Crippen molar-refractivity contribution < 1.29 is 4.79 Å². The number of hydrogen-bond acceptors (Lipinski definition) is 5. The lowest BCUT2D eigenvalue weighted by atomic mass is 10.0. The van der Waals surface area contributed by atoms with Gasteiger partial charge in [0.1, 0.15) is 5.01 Å². The van der Waals surface area contributed by atoms with Gasteiger partial charge < -0.3 is 5.32 Å². The Morgan fingerprint density at radius 2 is 1.89 bits per heavy atom. The largest absolute Gasteiger partial charge is 0.346 e. The molecule has 3 heterocycles. The SMILES string of the molecule is CCc1ccn(C)n1.O=C(NCc1csc(-c2ccc(Cl)cc2)n1)c1ccccc1-c1ccn[nH]1. The number of rotatable bonds is 6. The van der Waals surface area contributed by atoms with Gasteiger partial charge in [-0.2, -0.15) is 10.2 Å². The third-order valence-electron chi connectivity index (χ3n) is 5.17. The van der Waals surface area contributed by atoms with Gasteiger partial charge in [0.15, 0.2) is 0 Å². The Morgan fingerprint density at radius 3 is 2.54 bits per heavy atom. The van der Waals surface area contributed by atoms with Crippen LogP contribution in [0.15, 0.2) is 78.4 Å². The van der Waals surface area contributed by atoms with Crippen LogP contribution in [-0.2, 0) is 20.0 Å². The number of carbonyl (C=O) groups is 1. The van der Waals surface area contributed by atoms with Crippen LogP contribution in [0.4, 0.5) is 0 Å². The number of H-pyrrole nitrogens is 1. The zero-order chi connectivity index (χ0) is 24.6. The predicted molar refractivity (Wildman–Crippen MR) is 140 cm³/mol. The highest BCUT2D eigenvalue weighted by Gasteiger charge is 2.14. The van der Waals surface area contributed by atoms with Crippen molar-refractivity contribution in [1.82, 2.24) is 30.3 Å². The number of hydrogen-bond donors (Lipinski definition) is 2. The number of benzene rings is 2. The molecule has 0 aliphatic carbocycles. The summed E-state index contributed by atoms with van der Waals surface area (Å²) in [6.07, 6.45) is 4.65. The fraction of sp³-hybridized carbons (Fsp3) is 0.154. The van der Waals surface area contributed by atoms with Crippen LogP contribution in [0.1, 0.15) is 28.7 Å². The van der Waals surface area contributed by atoms with Gasteiger partial charge in [-0.15, -0.1) is 11.3 Å². The maximum Gasteiger partial charge on any atom is 0.252 e. The summed E-state index contributed by atoms with van der Waals surface area (Å²) in [5, 5.41) is 17.5. The molecule has 3 aromatic heterocycles. The second-order valence-electron chi connectivity index (χ2n) is 7.68. The molecule has 0 unspecified atom stereocenters. The molecule has 0 bridgehead atoms. The van der Waals surface area contributed by atoms with Crippen molar-refractivity contribution in [2.45, 2.75) is 19.9 Å². The molecule has 9 heteroatoms. The molecule has 35 heavy (non-hydrogen) atoms. The molecule has 0 spiro atoms. The normalized spacial score (nSPS) is 10.5. The van der Waals surface area contributed by atoms with Crippen LogP contribution in [0.3, 0.4) is 0 Å². The first-order valence-electron chi connectivity index (χ1n) is 11.1. The molecule has 1 amide bonds. The van der Waals surface area contributed by atoms with Crippen molar-refractivity contribution in [2.75, 3.05) is 0 Å². The van der Waals surface area contributed by atoms with Crippen molar-refractivity contribution >= 4 is 28.8 Å². The van der Waals surface area contributed by atoms with E-state index in [0.29, 0.717) is 17.1 Å². The summed E-state index contributed by atoms with van der Waals surface area (Å²) in [4.78, 5) is 17.3. The van der Waals surface area contributed by atoms with Crippen LogP contribution in [-0.4, -0.2) is 30.9 Å². The number of nitrogens with one attached hydrogen (secondary N) is 2. The van der Waals surface area contributed by atoms with E-state index in [1.54, 1.807) is 12.3 Å². The lowest BCUT2D eigenvalue weighted by Crippen LogP contribution is -2.23. The summed E-state index contributed by atoms with van der Waals surface area (Å²) in [5.74, 6) is -0.152. The molecule has 0 aliphatic rings. The van der Waals surface area contributed by atoms with Gasteiger partial charge in [-0.25, -0.2) is 4.98 Å². The zero-order valence-electron chi connectivity index (χ0n) is 19.4. The highest BCUT2D eigenvalue weighted by Crippen LogP contribution is 2.25. The molecule has 2 N–H and O–H groups in total. The number of aromatic amines is 1. The van der Waals surface area contributed by atoms with E-state index in [1.807, 2.05) is 77.9 Å². The van der Waals surface area contributed by atoms with Crippen LogP contribution in [0.5, 0.6) is 0 Å². The Kier molecular flexibility index (Phi) is 8.07. The Morgan fingerprint density at radius 1 is 1.09 bits per heavy atom. The number of thiazole rings is 1. The summed E-state index contributed by atoms with van der Waals surface area (Å²) >= 11 is 7.46. The van der Waals surface area contributed by atoms with Gasteiger partial charge in [0.2, 0.25) is 0 Å². The van der Waals surface area contributed by atoms with Gasteiger partial charge in [-0.1, -0.05) is 48.9 Å². The summed E-state index contributed by atoms with van der Waals surface area (Å²) in [6, 6.07) is 18.8. The van der Waals surface area contributed by atoms with Crippen LogP contribution in [0.25, 0.3) is 21.8 Å². The summed E-state index contributed by atoms with van der Waals surface area (Å²) in [7, 11) is 1.93. The average Bonchev–Trinajstić information content (AvgIpc) is 3.66. The summed E-state index contributed by atoms with van der Waals surface area (Å²) in [6.45, 7) is 2.46. The second-order valence-corrected chi connectivity index (χ2v) is 8.98. The van der Waals surface area contributed by atoms with Crippen molar-refractivity contribution in [3.8, 4) is 21.8 Å². The first-order valence-corrected chi connectivity index (χ1v) is 12.3. The monoisotopic (exact) mass is 504 g/mol. The molecule has 0 saturated heterocycles. The molecule has 0 atom stereocenters. The maximum absolute atomic E-state index is 12.7. The van der Waals surface area contributed by atoms with E-state index in [0.717, 1.165) is 39.6 Å². The molecule has 178 valence electrons. The van der Waals surface area contributed by atoms with Crippen molar-refractivity contribution in [3.63, 3.8) is 0 Å². The van der Waals surface area contributed by atoms with Gasteiger partial charge in [0.05, 0.1) is 23.6 Å². The van der Waals surface area contributed by atoms with Gasteiger partial charge in [0, 0.05) is 46.5 Å². The quantitative estimate of drug-likeness (QED) is 0.307. The Balaban J connectivity index is 0.000000308. The number of aryl methyl sites for hydroxylation is 2. The smallest absolute Gasteiger partial charge is 0.252 e. The third kappa shape index (κ3) is 6.44. The Hall–Kier alpha value is -3.75. The van der Waals surface area contributed by atoms with Gasteiger partial charge in [-0.05, 0) is 36.8 Å². The van der Waals surface area contributed by atoms with Crippen LogP contribution in [0, 0.1) is 0 Å². The first-order chi connectivity index (χ1) is 17.0. The topological polar surface area (TPSA) is 88.5 Å². The zero-order valence-corrected chi connectivity index (χ0v) is 21.0. The van der Waals surface area contributed by atoms with Crippen molar-refractivity contribution in [3.05, 3.63) is 100 Å². The number of amides is 1. The standard InChI is InChI=1S/C20H15ClN4OS.C6H10N2/c21-14-7-5-13(6-8-14)20-24-15(12-27-20)11-22-19(26)17-4-2-1-3-16(17)18-9-10-23-25-18;1-3-6-4-5-8(2)7-6/h1-10,12H,11H2,(H,22,26)(H,23,25);4-5H,3H2,1-2H3. The summed E-state index contributed by atoms with van der Waals surface area (Å²) < 4.78 is 1.82. The molecule has 7 nitrogen and oxygen atoms in total. The summed E-state index contributed by atoms with van der Waals surface area (Å²) in [5.41, 5.74) is 5.19. The van der Waals surface area contributed by atoms with E-state index in [-0.39, 0.29) is 5.91 Å². The van der Waals surface area contributed by atoms with Crippen molar-refractivity contribution in [2.24, 2.45) is 7.05 Å². The minimum absolute atomic E-state index is 0.152. The molecular formula is C26H25ClN6OS. The molecule has 0 aliphatic heterocycles. The number of carbonyl (C=O) groups excluding carboxylic acids is 1. The van der Waals surface area contributed by atoms with Crippen LogP contribution < -0.4 is 5.32 Å². The number of halogens is 1. The molecule has 0 saturated carbocycles. The Bertz CT molecular complexity index is 1380. The van der Waals surface area contributed by atoms with E-state index in [4.69, 9.17) is 11.6 Å². The van der Waals surface area contributed by atoms with Crippen molar-refractivity contribution in [1.29, 1.82) is 0 Å². The van der Waals surface area contributed by atoms with E-state index >= 15 is 0 Å². The van der Waals surface area contributed by atoms with E-state index in [2.05, 4.69) is 32.5 Å². The molecule has 2 aromatic carbocycles. The first kappa shape index (κ1) is 24.4. The van der Waals surface area contributed by atoms with E-state index in [9.17, 15) is 4.79 Å². The minimum atomic E-state index is -0.152. The van der Waals surface area contributed by atoms with Gasteiger partial charge >= 0.3 is 0 Å². The molecule has 5 rings (SSSR count). The maximum atomic E-state index is 12.7. The van der Waals surface area contributed by atoms with Crippen LogP contribution in [0.2, 0.25) is 5.02 Å². The molecule has 5 aromatic rings. The second kappa shape index (κ2) is 11.6. The lowest BCUT2D eigenvalue weighted by Gasteiger charge is -2.08. The fourth-order valence-electron chi connectivity index (χ4n) is 3.35. The van der Waals surface area contributed by atoms with Gasteiger partial charge in [-0.3, -0.25) is 14.6 Å².